The van der Waals surface area contributed by atoms with Gasteiger partial charge in [0.25, 0.3) is 0 Å². The zero-order chi connectivity index (χ0) is 12.8. The molecule has 0 saturated heterocycles. The van der Waals surface area contributed by atoms with Crippen LogP contribution >= 0.6 is 11.6 Å². The maximum atomic E-state index is 5.82. The number of anilines is 2. The first-order valence-corrected chi connectivity index (χ1v) is 5.78. The average Bonchev–Trinajstić information content (AvgIpc) is 2.72. The Morgan fingerprint density at radius 3 is 2.53 bits per heavy atom. The van der Waals surface area contributed by atoms with Crippen molar-refractivity contribution in [3.63, 3.8) is 0 Å². The number of rotatable bonds is 2. The Hall–Kier alpha value is -1.62. The molecule has 92 valence electrons. The summed E-state index contributed by atoms with van der Waals surface area (Å²) in [6.07, 6.45) is 5.11. The lowest BCUT2D eigenvalue weighted by molar-refractivity contribution is 0.768. The van der Waals surface area contributed by atoms with Crippen molar-refractivity contribution in [1.82, 2.24) is 19.7 Å². The molecule has 0 aliphatic carbocycles. The van der Waals surface area contributed by atoms with Gasteiger partial charge in [0.1, 0.15) is 0 Å². The molecule has 0 spiro atoms. The minimum absolute atomic E-state index is 0.518. The highest BCUT2D eigenvalue weighted by atomic mass is 35.5. The molecule has 2 heterocycles. The third-order valence-electron chi connectivity index (χ3n) is 1.88. The van der Waals surface area contributed by atoms with Crippen LogP contribution in [0.3, 0.4) is 0 Å². The second kappa shape index (κ2) is 6.20. The monoisotopic (exact) mass is 253 g/mol. The van der Waals surface area contributed by atoms with Gasteiger partial charge < -0.3 is 5.32 Å². The highest BCUT2D eigenvalue weighted by Gasteiger charge is 2.02. The van der Waals surface area contributed by atoms with Crippen molar-refractivity contribution in [3.05, 3.63) is 29.3 Å². The van der Waals surface area contributed by atoms with Gasteiger partial charge >= 0.3 is 0 Å². The van der Waals surface area contributed by atoms with Crippen LogP contribution in [0, 0.1) is 6.92 Å². The lowest BCUT2D eigenvalue weighted by atomic mass is 10.4. The number of nitrogens with one attached hydrogen (secondary N) is 1. The van der Waals surface area contributed by atoms with Gasteiger partial charge in [-0.3, -0.25) is 4.68 Å². The zero-order valence-corrected chi connectivity index (χ0v) is 11.2. The van der Waals surface area contributed by atoms with Crippen LogP contribution in [0.2, 0.25) is 5.02 Å². The van der Waals surface area contributed by atoms with Crippen LogP contribution in [0.1, 0.15) is 19.5 Å². The van der Waals surface area contributed by atoms with Crippen LogP contribution in [0.5, 0.6) is 0 Å². The smallest absolute Gasteiger partial charge is 0.227 e. The molecular formula is C11H16ClN5. The molecule has 2 rings (SSSR count). The Morgan fingerprint density at radius 2 is 2.00 bits per heavy atom. The minimum atomic E-state index is 0.518. The third-order valence-corrected chi connectivity index (χ3v) is 2.25. The van der Waals surface area contributed by atoms with Crippen LogP contribution in [0.4, 0.5) is 11.6 Å². The van der Waals surface area contributed by atoms with Gasteiger partial charge in [0.2, 0.25) is 5.95 Å². The summed E-state index contributed by atoms with van der Waals surface area (Å²) in [5.41, 5.74) is 1.59. The quantitative estimate of drug-likeness (QED) is 0.894. The molecule has 0 atom stereocenters. The molecule has 0 unspecified atom stereocenters. The summed E-state index contributed by atoms with van der Waals surface area (Å²) in [6.45, 7) is 5.83. The molecule has 0 aliphatic rings. The molecule has 2 aromatic heterocycles. The molecule has 17 heavy (non-hydrogen) atoms. The predicted molar refractivity (Wildman–Crippen MR) is 69.6 cm³/mol. The molecule has 0 amide bonds. The summed E-state index contributed by atoms with van der Waals surface area (Å²) < 4.78 is 1.70. The number of aryl methyl sites for hydroxylation is 2. The van der Waals surface area contributed by atoms with Gasteiger partial charge in [-0.15, -0.1) is 0 Å². The topological polar surface area (TPSA) is 55.6 Å². The van der Waals surface area contributed by atoms with Crippen molar-refractivity contribution in [1.29, 1.82) is 0 Å². The average molecular weight is 254 g/mol. The Bertz CT molecular complexity index is 480. The number of halogens is 1. The van der Waals surface area contributed by atoms with Crippen LogP contribution in [-0.4, -0.2) is 19.7 Å². The van der Waals surface area contributed by atoms with E-state index in [1.54, 1.807) is 17.1 Å². The first-order chi connectivity index (χ1) is 8.15. The van der Waals surface area contributed by atoms with E-state index in [9.17, 15) is 0 Å². The lowest BCUT2D eigenvalue weighted by Crippen LogP contribution is -1.97. The lowest BCUT2D eigenvalue weighted by Gasteiger charge is -2.02. The minimum Gasteiger partial charge on any atom is -0.321 e. The van der Waals surface area contributed by atoms with Crippen molar-refractivity contribution in [3.8, 4) is 0 Å². The summed E-state index contributed by atoms with van der Waals surface area (Å²) >= 11 is 5.82. The Labute approximate surface area is 106 Å². The molecule has 0 saturated carbocycles. The molecule has 0 bridgehead atoms. The third kappa shape index (κ3) is 3.71. The molecule has 6 heteroatoms. The number of aromatic nitrogens is 4. The molecule has 5 nitrogen and oxygen atoms in total. The van der Waals surface area contributed by atoms with E-state index >= 15 is 0 Å². The number of hydrogen-bond donors (Lipinski definition) is 1. The van der Waals surface area contributed by atoms with Crippen molar-refractivity contribution >= 4 is 23.2 Å². The van der Waals surface area contributed by atoms with E-state index < -0.39 is 0 Å². The second-order valence-corrected chi connectivity index (χ2v) is 3.56. The van der Waals surface area contributed by atoms with Crippen molar-refractivity contribution in [2.45, 2.75) is 20.8 Å². The molecular weight excluding hydrogens is 238 g/mol. The molecule has 0 fully saturated rings. The molecule has 2 aromatic rings. The summed E-state index contributed by atoms with van der Waals surface area (Å²) in [5.74, 6) is 0.518. The van der Waals surface area contributed by atoms with Gasteiger partial charge in [-0.25, -0.2) is 9.97 Å². The van der Waals surface area contributed by atoms with E-state index in [-0.39, 0.29) is 0 Å². The number of hydrogen-bond acceptors (Lipinski definition) is 4. The summed E-state index contributed by atoms with van der Waals surface area (Å²) in [7, 11) is 1.85. The fraction of sp³-hybridized carbons (Fsp3) is 0.364. The Morgan fingerprint density at radius 1 is 1.29 bits per heavy atom. The Balaban J connectivity index is 0.000000686. The fourth-order valence-corrected chi connectivity index (χ4v) is 1.22. The second-order valence-electron chi connectivity index (χ2n) is 3.15. The van der Waals surface area contributed by atoms with Crippen LogP contribution in [-0.2, 0) is 7.05 Å². The van der Waals surface area contributed by atoms with E-state index in [0.29, 0.717) is 11.0 Å². The van der Waals surface area contributed by atoms with Crippen LogP contribution < -0.4 is 5.32 Å². The maximum Gasteiger partial charge on any atom is 0.227 e. The summed E-state index contributed by atoms with van der Waals surface area (Å²) in [6, 6.07) is 0. The first-order valence-electron chi connectivity index (χ1n) is 5.40. The predicted octanol–water partition coefficient (Wildman–Crippen LogP) is 2.94. The largest absolute Gasteiger partial charge is 0.321 e. The Kier molecular flexibility index (Phi) is 4.90. The van der Waals surface area contributed by atoms with E-state index in [4.69, 9.17) is 11.6 Å². The van der Waals surface area contributed by atoms with E-state index in [0.717, 1.165) is 11.4 Å². The van der Waals surface area contributed by atoms with Gasteiger partial charge in [0.15, 0.2) is 0 Å². The van der Waals surface area contributed by atoms with Crippen molar-refractivity contribution < 1.29 is 0 Å². The van der Waals surface area contributed by atoms with Gasteiger partial charge in [0.05, 0.1) is 28.8 Å². The van der Waals surface area contributed by atoms with E-state index in [1.807, 2.05) is 34.0 Å². The summed E-state index contributed by atoms with van der Waals surface area (Å²) in [5, 5.41) is 7.62. The normalized spacial score (nSPS) is 9.47. The molecule has 0 radical (unpaired) electrons. The van der Waals surface area contributed by atoms with Gasteiger partial charge in [-0.05, 0) is 6.92 Å². The fourth-order valence-electron chi connectivity index (χ4n) is 1.13. The van der Waals surface area contributed by atoms with Crippen LogP contribution in [0.15, 0.2) is 18.6 Å². The summed E-state index contributed by atoms with van der Waals surface area (Å²) in [4.78, 5) is 8.24. The van der Waals surface area contributed by atoms with E-state index in [2.05, 4.69) is 20.4 Å². The molecule has 0 aliphatic heterocycles. The van der Waals surface area contributed by atoms with Gasteiger partial charge in [0, 0.05) is 13.2 Å². The molecule has 1 N–H and O–H groups in total. The number of nitrogens with zero attached hydrogens (tertiary/aromatic N) is 4. The SMILES string of the molecule is CC.Cc1nc(Nc2cnn(C)c2)ncc1Cl. The molecule has 0 aromatic carbocycles. The highest BCUT2D eigenvalue weighted by Crippen LogP contribution is 2.15. The van der Waals surface area contributed by atoms with Gasteiger partial charge in [-0.1, -0.05) is 25.4 Å². The van der Waals surface area contributed by atoms with E-state index in [1.165, 1.54) is 0 Å². The first kappa shape index (κ1) is 13.4. The standard InChI is InChI=1S/C9H10ClN5.C2H6/c1-6-8(10)4-11-9(13-6)14-7-3-12-15(2)5-7;1-2/h3-5H,1-2H3,(H,11,13,14);1-2H3. The maximum absolute atomic E-state index is 5.82. The van der Waals surface area contributed by atoms with Gasteiger partial charge in [-0.2, -0.15) is 5.10 Å². The highest BCUT2D eigenvalue weighted by molar-refractivity contribution is 6.31. The van der Waals surface area contributed by atoms with Crippen molar-refractivity contribution in [2.24, 2.45) is 7.05 Å². The van der Waals surface area contributed by atoms with Crippen molar-refractivity contribution in [2.75, 3.05) is 5.32 Å². The zero-order valence-electron chi connectivity index (χ0n) is 10.4. The van der Waals surface area contributed by atoms with Crippen LogP contribution in [0.25, 0.3) is 0 Å².